The summed E-state index contributed by atoms with van der Waals surface area (Å²) < 4.78 is 0. The molecular formula is C19H20. The van der Waals surface area contributed by atoms with E-state index in [1.54, 1.807) is 0 Å². The van der Waals surface area contributed by atoms with E-state index in [4.69, 9.17) is 0 Å². The molecule has 0 unspecified atom stereocenters. The Balaban J connectivity index is 2.72. The molecule has 0 saturated carbocycles. The molecule has 0 bridgehead atoms. The molecule has 19 heavy (non-hydrogen) atoms. The van der Waals surface area contributed by atoms with Crippen LogP contribution in [0.5, 0.6) is 0 Å². The van der Waals surface area contributed by atoms with Crippen molar-refractivity contribution >= 4 is 12.2 Å². The van der Waals surface area contributed by atoms with Gasteiger partial charge in [0, 0.05) is 0 Å². The number of hydrogen-bond donors (Lipinski definition) is 0. The third-order valence-corrected chi connectivity index (χ3v) is 3.37. The lowest BCUT2D eigenvalue weighted by Gasteiger charge is -2.15. The fraction of sp³-hybridized carbons (Fsp3) is 0.158. The van der Waals surface area contributed by atoms with Crippen LogP contribution in [0, 0.1) is 0 Å². The van der Waals surface area contributed by atoms with Gasteiger partial charge in [-0.1, -0.05) is 81.1 Å². The second kappa shape index (κ2) is 6.19. The molecule has 0 aliphatic rings. The van der Waals surface area contributed by atoms with Crippen molar-refractivity contribution in [3.05, 3.63) is 72.3 Å². The number of benzene rings is 2. The van der Waals surface area contributed by atoms with E-state index in [-0.39, 0.29) is 0 Å². The predicted octanol–water partition coefficient (Wildman–Crippen LogP) is 5.59. The molecule has 0 heterocycles. The molecule has 0 amide bonds. The molecule has 0 nitrogen and oxygen atoms in total. The molecule has 0 saturated heterocycles. The molecule has 0 aliphatic heterocycles. The zero-order valence-electron chi connectivity index (χ0n) is 11.5. The summed E-state index contributed by atoms with van der Waals surface area (Å²) in [7, 11) is 0. The maximum atomic E-state index is 3.98. The molecule has 0 heteroatoms. The first-order valence-corrected chi connectivity index (χ1v) is 6.78. The molecule has 0 radical (unpaired) electrons. The normalized spacial score (nSPS) is 10.2. The molecule has 0 spiro atoms. The van der Waals surface area contributed by atoms with Gasteiger partial charge in [0.2, 0.25) is 0 Å². The second-order valence-electron chi connectivity index (χ2n) is 4.63. The minimum absolute atomic E-state index is 1.09. The highest BCUT2D eigenvalue weighted by atomic mass is 14.1. The third-order valence-electron chi connectivity index (χ3n) is 3.37. The zero-order valence-corrected chi connectivity index (χ0v) is 11.5. The Labute approximate surface area is 116 Å². The van der Waals surface area contributed by atoms with Crippen LogP contribution in [0.4, 0.5) is 0 Å². The summed E-state index contributed by atoms with van der Waals surface area (Å²) in [4.78, 5) is 0. The number of aryl methyl sites for hydroxylation is 1. The third kappa shape index (κ3) is 2.68. The Hall–Kier alpha value is -2.08. The first-order valence-electron chi connectivity index (χ1n) is 6.78. The van der Waals surface area contributed by atoms with E-state index in [9.17, 15) is 0 Å². The van der Waals surface area contributed by atoms with Crippen LogP contribution < -0.4 is 0 Å². The van der Waals surface area contributed by atoms with Crippen molar-refractivity contribution in [2.24, 2.45) is 0 Å². The van der Waals surface area contributed by atoms with Crippen molar-refractivity contribution in [2.75, 3.05) is 0 Å². The highest BCUT2D eigenvalue weighted by molar-refractivity contribution is 5.82. The largest absolute Gasteiger partial charge is 0.0984 e. The van der Waals surface area contributed by atoms with Gasteiger partial charge in [0.25, 0.3) is 0 Å². The lowest BCUT2D eigenvalue weighted by atomic mass is 9.89. The minimum atomic E-state index is 1.09. The predicted molar refractivity (Wildman–Crippen MR) is 86.1 cm³/mol. The number of rotatable bonds is 5. The quantitative estimate of drug-likeness (QED) is 0.646. The van der Waals surface area contributed by atoms with Crippen LogP contribution in [-0.2, 0) is 6.42 Å². The van der Waals surface area contributed by atoms with E-state index >= 15 is 0 Å². The lowest BCUT2D eigenvalue weighted by Crippen LogP contribution is -1.95. The van der Waals surface area contributed by atoms with Crippen LogP contribution in [0.3, 0.4) is 0 Å². The molecule has 0 atom stereocenters. The van der Waals surface area contributed by atoms with E-state index in [0.717, 1.165) is 18.4 Å². The minimum Gasteiger partial charge on any atom is -0.0984 e. The summed E-state index contributed by atoms with van der Waals surface area (Å²) in [5.74, 6) is 0. The summed E-state index contributed by atoms with van der Waals surface area (Å²) in [6, 6.07) is 14.9. The van der Waals surface area contributed by atoms with Gasteiger partial charge in [-0.05, 0) is 34.2 Å². The molecule has 0 N–H and O–H groups in total. The van der Waals surface area contributed by atoms with Gasteiger partial charge in [-0.3, -0.25) is 0 Å². The van der Waals surface area contributed by atoms with Gasteiger partial charge >= 0.3 is 0 Å². The van der Waals surface area contributed by atoms with Crippen molar-refractivity contribution in [1.82, 2.24) is 0 Å². The van der Waals surface area contributed by atoms with Gasteiger partial charge in [0.15, 0.2) is 0 Å². The van der Waals surface area contributed by atoms with E-state index in [1.165, 1.54) is 22.3 Å². The average Bonchev–Trinajstić information content (AvgIpc) is 2.47. The Morgan fingerprint density at radius 3 is 2.26 bits per heavy atom. The summed E-state index contributed by atoms with van der Waals surface area (Å²) >= 11 is 0. The molecule has 2 aromatic carbocycles. The molecule has 0 aliphatic carbocycles. The maximum absolute atomic E-state index is 3.98. The monoisotopic (exact) mass is 248 g/mol. The fourth-order valence-electron chi connectivity index (χ4n) is 2.50. The summed E-state index contributed by atoms with van der Waals surface area (Å²) in [6.07, 6.45) is 6.07. The van der Waals surface area contributed by atoms with Crippen molar-refractivity contribution < 1.29 is 0 Å². The lowest BCUT2D eigenvalue weighted by molar-refractivity contribution is 0.923. The Kier molecular flexibility index (Phi) is 4.35. The Bertz CT molecular complexity index is 576. The van der Waals surface area contributed by atoms with Crippen LogP contribution in [0.2, 0.25) is 0 Å². The summed E-state index contributed by atoms with van der Waals surface area (Å²) in [5.41, 5.74) is 6.27. The summed E-state index contributed by atoms with van der Waals surface area (Å²) in [6.45, 7) is 10.1. The van der Waals surface area contributed by atoms with E-state index in [1.807, 2.05) is 18.2 Å². The maximum Gasteiger partial charge on any atom is -0.00735 e. The fourth-order valence-corrected chi connectivity index (χ4v) is 2.50. The van der Waals surface area contributed by atoms with Gasteiger partial charge < -0.3 is 0 Å². The van der Waals surface area contributed by atoms with E-state index < -0.39 is 0 Å². The molecule has 96 valence electrons. The van der Waals surface area contributed by atoms with E-state index in [2.05, 4.69) is 56.5 Å². The van der Waals surface area contributed by atoms with Crippen LogP contribution in [0.1, 0.15) is 30.0 Å². The number of hydrogen-bond acceptors (Lipinski definition) is 0. The first kappa shape index (κ1) is 13.4. The first-order chi connectivity index (χ1) is 9.31. The van der Waals surface area contributed by atoms with Crippen molar-refractivity contribution in [3.8, 4) is 11.1 Å². The summed E-state index contributed by atoms with van der Waals surface area (Å²) in [5, 5.41) is 0. The molecule has 0 aromatic heterocycles. The van der Waals surface area contributed by atoms with E-state index in [0.29, 0.717) is 0 Å². The topological polar surface area (TPSA) is 0 Å². The van der Waals surface area contributed by atoms with Gasteiger partial charge in [0.1, 0.15) is 0 Å². The highest BCUT2D eigenvalue weighted by Gasteiger charge is 2.11. The smallest absolute Gasteiger partial charge is 0.00735 e. The molecule has 2 rings (SSSR count). The van der Waals surface area contributed by atoms with Gasteiger partial charge in [0.05, 0.1) is 0 Å². The van der Waals surface area contributed by atoms with Crippen molar-refractivity contribution in [1.29, 1.82) is 0 Å². The second-order valence-corrected chi connectivity index (χ2v) is 4.63. The van der Waals surface area contributed by atoms with Gasteiger partial charge in [-0.15, -0.1) is 0 Å². The van der Waals surface area contributed by atoms with Crippen molar-refractivity contribution in [3.63, 3.8) is 0 Å². The van der Waals surface area contributed by atoms with Gasteiger partial charge in [-0.25, -0.2) is 0 Å². The Morgan fingerprint density at radius 1 is 0.947 bits per heavy atom. The zero-order chi connectivity index (χ0) is 13.7. The van der Waals surface area contributed by atoms with Crippen LogP contribution in [-0.4, -0.2) is 0 Å². The molecule has 2 aromatic rings. The molecule has 0 fully saturated rings. The van der Waals surface area contributed by atoms with Crippen molar-refractivity contribution in [2.45, 2.75) is 19.8 Å². The van der Waals surface area contributed by atoms with Gasteiger partial charge in [-0.2, -0.15) is 0 Å². The average molecular weight is 248 g/mol. The standard InChI is InChI=1S/C19H20/c1-4-10-16-14-13-15(5-2)18(6-3)19(16)17-11-8-7-9-12-17/h5-9,11-14H,2-4,10H2,1H3. The molecular weight excluding hydrogens is 228 g/mol. The Morgan fingerprint density at radius 2 is 1.68 bits per heavy atom. The van der Waals surface area contributed by atoms with Crippen LogP contribution in [0.25, 0.3) is 23.3 Å². The highest BCUT2D eigenvalue weighted by Crippen LogP contribution is 2.32. The SMILES string of the molecule is C=Cc1ccc(CCC)c(-c2ccccc2)c1C=C. The van der Waals surface area contributed by atoms with Crippen LogP contribution >= 0.6 is 0 Å². The van der Waals surface area contributed by atoms with Crippen LogP contribution in [0.15, 0.2) is 55.6 Å².